The van der Waals surface area contributed by atoms with Crippen molar-refractivity contribution in [1.82, 2.24) is 10.6 Å². The lowest BCUT2D eigenvalue weighted by atomic mass is 9.55. The highest BCUT2D eigenvalue weighted by atomic mass is 16.6. The second-order valence-electron chi connectivity index (χ2n) is 9.15. The molecule has 2 aliphatic carbocycles. The second-order valence-corrected chi connectivity index (χ2v) is 9.15. The van der Waals surface area contributed by atoms with Gasteiger partial charge in [-0.15, -0.1) is 0 Å². The number of allylic oxidation sites excluding steroid dienone is 1. The summed E-state index contributed by atoms with van der Waals surface area (Å²) in [6.45, 7) is 8.01. The van der Waals surface area contributed by atoms with E-state index in [9.17, 15) is 9.59 Å². The fraction of sp³-hybridized carbons (Fsp3) is 0.810. The molecule has 6 atom stereocenters. The largest absolute Gasteiger partial charge is 0.462 e. The molecule has 26 heavy (non-hydrogen) atoms. The van der Waals surface area contributed by atoms with Gasteiger partial charge < -0.3 is 15.4 Å². The first-order valence-corrected chi connectivity index (χ1v) is 10.4. The topological polar surface area (TPSA) is 67.4 Å². The highest BCUT2D eigenvalue weighted by molar-refractivity contribution is 5.82. The van der Waals surface area contributed by atoms with Crippen molar-refractivity contribution < 1.29 is 14.3 Å². The van der Waals surface area contributed by atoms with Crippen LogP contribution in [0.4, 0.5) is 0 Å². The molecule has 0 aromatic heterocycles. The molecular weight excluding hydrogens is 328 g/mol. The van der Waals surface area contributed by atoms with Gasteiger partial charge in [-0.2, -0.15) is 0 Å². The third-order valence-corrected chi connectivity index (χ3v) is 7.44. The van der Waals surface area contributed by atoms with E-state index in [1.54, 1.807) is 0 Å². The van der Waals surface area contributed by atoms with Crippen molar-refractivity contribution >= 4 is 11.9 Å². The summed E-state index contributed by atoms with van der Waals surface area (Å²) in [5.41, 5.74) is 1.60. The summed E-state index contributed by atoms with van der Waals surface area (Å²) in [5.74, 6) is 0.638. The summed E-state index contributed by atoms with van der Waals surface area (Å²) in [7, 11) is 0. The third-order valence-electron chi connectivity index (χ3n) is 7.44. The molecule has 0 unspecified atom stereocenters. The summed E-state index contributed by atoms with van der Waals surface area (Å²) < 4.78 is 5.81. The van der Waals surface area contributed by atoms with E-state index >= 15 is 0 Å². The van der Waals surface area contributed by atoms with E-state index in [1.165, 1.54) is 18.4 Å². The Morgan fingerprint density at radius 3 is 3.00 bits per heavy atom. The van der Waals surface area contributed by atoms with Gasteiger partial charge in [-0.1, -0.05) is 19.1 Å². The summed E-state index contributed by atoms with van der Waals surface area (Å²) in [4.78, 5) is 24.7. The van der Waals surface area contributed by atoms with Gasteiger partial charge in [-0.05, 0) is 62.7 Å². The van der Waals surface area contributed by atoms with Gasteiger partial charge in [0, 0.05) is 19.0 Å². The quantitative estimate of drug-likeness (QED) is 0.600. The number of carbonyl (C=O) groups excluding carboxylic acids is 2. The zero-order chi connectivity index (χ0) is 18.3. The van der Waals surface area contributed by atoms with E-state index in [4.69, 9.17) is 4.74 Å². The van der Waals surface area contributed by atoms with Crippen molar-refractivity contribution in [3.63, 3.8) is 0 Å². The van der Waals surface area contributed by atoms with E-state index in [1.807, 2.05) is 0 Å². The fourth-order valence-electron chi connectivity index (χ4n) is 5.89. The third kappa shape index (κ3) is 3.19. The normalized spacial score (nSPS) is 43.1. The Kier molecular flexibility index (Phi) is 4.84. The summed E-state index contributed by atoms with van der Waals surface area (Å²) in [6, 6.07) is -0.178. The molecule has 1 amide bonds. The van der Waals surface area contributed by atoms with Gasteiger partial charge in [0.2, 0.25) is 5.91 Å². The molecule has 2 N–H and O–H groups in total. The Hall–Kier alpha value is -1.36. The highest BCUT2D eigenvalue weighted by Gasteiger charge is 2.55. The van der Waals surface area contributed by atoms with Crippen molar-refractivity contribution in [2.75, 3.05) is 13.1 Å². The molecule has 0 bridgehead atoms. The monoisotopic (exact) mass is 360 g/mol. The molecule has 4 fully saturated rings. The van der Waals surface area contributed by atoms with Gasteiger partial charge in [0.05, 0.1) is 12.0 Å². The van der Waals surface area contributed by atoms with Crippen molar-refractivity contribution in [1.29, 1.82) is 0 Å². The second kappa shape index (κ2) is 6.99. The Bertz CT molecular complexity index is 604. The predicted molar refractivity (Wildman–Crippen MR) is 99.3 cm³/mol. The first kappa shape index (κ1) is 18.0. The maximum atomic E-state index is 12.6. The van der Waals surface area contributed by atoms with E-state index in [0.29, 0.717) is 12.5 Å². The van der Waals surface area contributed by atoms with Crippen LogP contribution < -0.4 is 10.6 Å². The molecule has 2 saturated heterocycles. The zero-order valence-corrected chi connectivity index (χ0v) is 15.9. The molecule has 0 spiro atoms. The Morgan fingerprint density at radius 2 is 2.15 bits per heavy atom. The number of hydrogen-bond donors (Lipinski definition) is 2. The number of esters is 1. The van der Waals surface area contributed by atoms with Crippen molar-refractivity contribution in [2.45, 2.75) is 70.4 Å². The van der Waals surface area contributed by atoms with Crippen LogP contribution in [0.1, 0.15) is 58.3 Å². The molecule has 2 saturated carbocycles. The molecule has 144 valence electrons. The number of fused-ring (bicyclic) bond motifs is 2. The fourth-order valence-corrected chi connectivity index (χ4v) is 5.89. The van der Waals surface area contributed by atoms with Crippen LogP contribution in [0.5, 0.6) is 0 Å². The summed E-state index contributed by atoms with van der Waals surface area (Å²) in [5, 5.41) is 6.33. The molecule has 5 heteroatoms. The first-order chi connectivity index (χ1) is 12.5. The highest BCUT2D eigenvalue weighted by Crippen LogP contribution is 2.56. The molecule has 2 aliphatic heterocycles. The van der Waals surface area contributed by atoms with E-state index < -0.39 is 0 Å². The molecule has 4 aliphatic rings. The minimum absolute atomic E-state index is 0.0458. The number of amides is 1. The van der Waals surface area contributed by atoms with Crippen LogP contribution in [0.15, 0.2) is 12.2 Å². The van der Waals surface area contributed by atoms with Gasteiger partial charge in [-0.3, -0.25) is 9.59 Å². The van der Waals surface area contributed by atoms with Gasteiger partial charge in [0.15, 0.2) is 0 Å². The van der Waals surface area contributed by atoms with E-state index in [2.05, 4.69) is 24.1 Å². The number of carbonyl (C=O) groups is 2. The van der Waals surface area contributed by atoms with E-state index in [-0.39, 0.29) is 41.3 Å². The van der Waals surface area contributed by atoms with Crippen LogP contribution in [-0.4, -0.2) is 37.1 Å². The molecule has 2 heterocycles. The zero-order valence-electron chi connectivity index (χ0n) is 15.9. The molecule has 4 rings (SSSR count). The van der Waals surface area contributed by atoms with Crippen LogP contribution >= 0.6 is 0 Å². The predicted octanol–water partition coefficient (Wildman–Crippen LogP) is 2.56. The molecule has 5 nitrogen and oxygen atoms in total. The van der Waals surface area contributed by atoms with Crippen molar-refractivity contribution in [3.05, 3.63) is 12.2 Å². The number of hydrogen-bond acceptors (Lipinski definition) is 4. The molecule has 0 aromatic rings. The molecule has 0 radical (unpaired) electrons. The lowest BCUT2D eigenvalue weighted by molar-refractivity contribution is -0.146. The van der Waals surface area contributed by atoms with Crippen LogP contribution in [0, 0.1) is 23.2 Å². The molecule has 0 aromatic carbocycles. The lowest BCUT2D eigenvalue weighted by Gasteiger charge is -2.50. The number of nitrogens with one attached hydrogen (secondary N) is 2. The summed E-state index contributed by atoms with van der Waals surface area (Å²) in [6.07, 6.45) is 8.48. The first-order valence-electron chi connectivity index (χ1n) is 10.4. The van der Waals surface area contributed by atoms with Crippen molar-refractivity contribution in [3.8, 4) is 0 Å². The summed E-state index contributed by atoms with van der Waals surface area (Å²) >= 11 is 0. The Morgan fingerprint density at radius 1 is 1.31 bits per heavy atom. The van der Waals surface area contributed by atoms with Gasteiger partial charge in [0.1, 0.15) is 6.10 Å². The van der Waals surface area contributed by atoms with Gasteiger partial charge in [-0.25, -0.2) is 0 Å². The maximum Gasteiger partial charge on any atom is 0.310 e. The van der Waals surface area contributed by atoms with Gasteiger partial charge >= 0.3 is 5.97 Å². The van der Waals surface area contributed by atoms with Crippen LogP contribution in [0.25, 0.3) is 0 Å². The molecular formula is C21H32N2O3. The average molecular weight is 360 g/mol. The average Bonchev–Trinajstić information content (AvgIpc) is 2.74. The minimum atomic E-state index is -0.178. The number of ether oxygens (including phenoxy) is 1. The Labute approximate surface area is 156 Å². The Balaban J connectivity index is 1.44. The van der Waals surface area contributed by atoms with Gasteiger partial charge in [0.25, 0.3) is 0 Å². The van der Waals surface area contributed by atoms with Crippen LogP contribution in [0.2, 0.25) is 0 Å². The smallest absolute Gasteiger partial charge is 0.310 e. The van der Waals surface area contributed by atoms with Crippen LogP contribution in [0.3, 0.4) is 0 Å². The maximum absolute atomic E-state index is 12.6. The minimum Gasteiger partial charge on any atom is -0.462 e. The lowest BCUT2D eigenvalue weighted by Crippen LogP contribution is -2.48. The SMILES string of the molecule is C=C1CCC[C@@]2(C)C[C@H]3OC(=O)[C@@H](CN[C@@H]4CCCCNC4=O)[C@@H]3C[C@@H]12. The van der Waals surface area contributed by atoms with Crippen LogP contribution in [-0.2, 0) is 14.3 Å². The number of rotatable bonds is 3. The van der Waals surface area contributed by atoms with E-state index in [0.717, 1.165) is 45.1 Å². The van der Waals surface area contributed by atoms with Crippen molar-refractivity contribution in [2.24, 2.45) is 23.2 Å². The standard InChI is InChI=1S/C21H32N2O3/c1-13-6-5-8-21(2)11-18-14(10-16(13)21)15(20(25)26-18)12-23-17-7-3-4-9-22-19(17)24/h14-18,23H,1,3-12H2,2H3,(H,22,24)/t14-,15-,16-,17+,18+,21-/m0/s1.